The van der Waals surface area contributed by atoms with Crippen LogP contribution >= 0.6 is 15.9 Å². The van der Waals surface area contributed by atoms with E-state index in [0.29, 0.717) is 12.5 Å². The maximum Gasteiger partial charge on any atom is 0.327 e. The van der Waals surface area contributed by atoms with Crippen LogP contribution in [0.15, 0.2) is 4.47 Å². The van der Waals surface area contributed by atoms with Crippen LogP contribution in [-0.2, 0) is 16.1 Å². The molecule has 0 spiro atoms. The number of rotatable bonds is 4. The van der Waals surface area contributed by atoms with Crippen molar-refractivity contribution in [1.29, 1.82) is 0 Å². The normalized spacial score (nSPS) is 15.2. The van der Waals surface area contributed by atoms with Gasteiger partial charge >= 0.3 is 5.97 Å². The third-order valence-corrected chi connectivity index (χ3v) is 3.62. The van der Waals surface area contributed by atoms with Crippen LogP contribution < -0.4 is 0 Å². The summed E-state index contributed by atoms with van der Waals surface area (Å²) in [5.74, 6) is 0.337. The summed E-state index contributed by atoms with van der Waals surface area (Å²) in [7, 11) is 0. The molecule has 1 aliphatic carbocycles. The molecule has 4 nitrogen and oxygen atoms in total. The van der Waals surface area contributed by atoms with E-state index >= 15 is 0 Å². The number of hydrogen-bond acceptors (Lipinski definition) is 3. The molecule has 1 fully saturated rings. The number of nitrogens with zero attached hydrogens (tertiary/aromatic N) is 2. The fourth-order valence-electron chi connectivity index (χ4n) is 1.77. The van der Waals surface area contributed by atoms with E-state index in [1.54, 1.807) is 4.68 Å². The summed E-state index contributed by atoms with van der Waals surface area (Å²) in [6, 6.07) is 0. The fourth-order valence-corrected chi connectivity index (χ4v) is 2.38. The summed E-state index contributed by atoms with van der Waals surface area (Å²) in [4.78, 5) is 11.4. The Hall–Kier alpha value is -0.840. The van der Waals surface area contributed by atoms with Crippen molar-refractivity contribution in [3.05, 3.63) is 15.9 Å². The first kappa shape index (κ1) is 11.6. The van der Waals surface area contributed by atoms with Gasteiger partial charge in [-0.05, 0) is 42.6 Å². The second kappa shape index (κ2) is 4.57. The highest BCUT2D eigenvalue weighted by Gasteiger charge is 2.31. The molecule has 0 bridgehead atoms. The molecular weight excluding hydrogens is 272 g/mol. The van der Waals surface area contributed by atoms with E-state index in [1.165, 1.54) is 12.8 Å². The average Bonchev–Trinajstić information content (AvgIpc) is 2.98. The SMILES string of the molecule is CCOC(=O)Cn1nc(C)c(Br)c1C1CC1. The number of hydrogen-bond donors (Lipinski definition) is 0. The minimum atomic E-state index is -0.223. The molecule has 0 amide bonds. The van der Waals surface area contributed by atoms with Crippen LogP contribution in [0.2, 0.25) is 0 Å². The monoisotopic (exact) mass is 286 g/mol. The van der Waals surface area contributed by atoms with Crippen molar-refractivity contribution < 1.29 is 9.53 Å². The molecule has 16 heavy (non-hydrogen) atoms. The Bertz CT molecular complexity index is 410. The van der Waals surface area contributed by atoms with Crippen molar-refractivity contribution in [3.8, 4) is 0 Å². The maximum absolute atomic E-state index is 11.4. The Morgan fingerprint density at radius 3 is 2.88 bits per heavy atom. The van der Waals surface area contributed by atoms with Gasteiger partial charge in [0.15, 0.2) is 0 Å². The summed E-state index contributed by atoms with van der Waals surface area (Å²) < 4.78 is 7.75. The zero-order chi connectivity index (χ0) is 11.7. The van der Waals surface area contributed by atoms with Crippen molar-refractivity contribution >= 4 is 21.9 Å². The molecule has 5 heteroatoms. The van der Waals surface area contributed by atoms with Crippen LogP contribution in [0.5, 0.6) is 0 Å². The summed E-state index contributed by atoms with van der Waals surface area (Å²) in [5, 5.41) is 4.36. The van der Waals surface area contributed by atoms with Gasteiger partial charge in [0.2, 0.25) is 0 Å². The molecule has 2 rings (SSSR count). The fraction of sp³-hybridized carbons (Fsp3) is 0.636. The highest BCUT2D eigenvalue weighted by atomic mass is 79.9. The van der Waals surface area contributed by atoms with Crippen LogP contribution in [0.25, 0.3) is 0 Å². The van der Waals surface area contributed by atoms with Crippen LogP contribution in [0.3, 0.4) is 0 Å². The lowest BCUT2D eigenvalue weighted by atomic mass is 10.2. The molecule has 0 N–H and O–H groups in total. The first-order valence-corrected chi connectivity index (χ1v) is 6.31. The molecule has 1 saturated carbocycles. The highest BCUT2D eigenvalue weighted by molar-refractivity contribution is 9.10. The molecule has 0 aromatic carbocycles. The van der Waals surface area contributed by atoms with E-state index in [-0.39, 0.29) is 12.5 Å². The Kier molecular flexibility index (Phi) is 3.33. The van der Waals surface area contributed by atoms with Gasteiger partial charge in [-0.25, -0.2) is 0 Å². The quantitative estimate of drug-likeness (QED) is 0.799. The van der Waals surface area contributed by atoms with Crippen molar-refractivity contribution in [2.45, 2.75) is 39.2 Å². The molecule has 0 unspecified atom stereocenters. The van der Waals surface area contributed by atoms with Crippen molar-refractivity contribution in [1.82, 2.24) is 9.78 Å². The van der Waals surface area contributed by atoms with Gasteiger partial charge in [0.25, 0.3) is 0 Å². The molecule has 0 atom stereocenters. The second-order valence-electron chi connectivity index (χ2n) is 4.02. The molecule has 0 radical (unpaired) electrons. The van der Waals surface area contributed by atoms with Crippen molar-refractivity contribution in [2.24, 2.45) is 0 Å². The minimum Gasteiger partial charge on any atom is -0.465 e. The molecule has 0 saturated heterocycles. The van der Waals surface area contributed by atoms with Crippen LogP contribution in [-0.4, -0.2) is 22.4 Å². The lowest BCUT2D eigenvalue weighted by Gasteiger charge is -2.06. The second-order valence-corrected chi connectivity index (χ2v) is 4.81. The standard InChI is InChI=1S/C11H15BrN2O2/c1-3-16-9(15)6-14-11(8-4-5-8)10(12)7(2)13-14/h8H,3-6H2,1-2H3. The van der Waals surface area contributed by atoms with Gasteiger partial charge in [-0.1, -0.05) is 0 Å². The van der Waals surface area contributed by atoms with Crippen LogP contribution in [0.4, 0.5) is 0 Å². The lowest BCUT2D eigenvalue weighted by molar-refractivity contribution is -0.144. The zero-order valence-corrected chi connectivity index (χ0v) is 11.1. The Labute approximate surface area is 103 Å². The van der Waals surface area contributed by atoms with E-state index in [1.807, 2.05) is 13.8 Å². The Morgan fingerprint density at radius 2 is 2.31 bits per heavy atom. The van der Waals surface area contributed by atoms with Gasteiger partial charge in [0.1, 0.15) is 6.54 Å². The maximum atomic E-state index is 11.4. The number of carbonyl (C=O) groups excluding carboxylic acids is 1. The highest BCUT2D eigenvalue weighted by Crippen LogP contribution is 2.44. The Balaban J connectivity index is 2.19. The molecule has 1 heterocycles. The molecule has 1 aliphatic rings. The van der Waals surface area contributed by atoms with E-state index in [4.69, 9.17) is 4.74 Å². The molecule has 0 aliphatic heterocycles. The first-order chi connectivity index (χ1) is 7.63. The topological polar surface area (TPSA) is 44.1 Å². The molecule has 1 aromatic rings. The number of ether oxygens (including phenoxy) is 1. The summed E-state index contributed by atoms with van der Waals surface area (Å²) in [6.45, 7) is 4.38. The number of halogens is 1. The Morgan fingerprint density at radius 1 is 1.62 bits per heavy atom. The zero-order valence-electron chi connectivity index (χ0n) is 9.49. The van der Waals surface area contributed by atoms with Crippen LogP contribution in [0.1, 0.15) is 37.1 Å². The van der Waals surface area contributed by atoms with Gasteiger partial charge in [-0.3, -0.25) is 9.48 Å². The lowest BCUT2D eigenvalue weighted by Crippen LogP contribution is -2.16. The number of aryl methyl sites for hydroxylation is 1. The van der Waals surface area contributed by atoms with Gasteiger partial charge in [0.05, 0.1) is 22.5 Å². The molecule has 88 valence electrons. The van der Waals surface area contributed by atoms with Gasteiger partial charge < -0.3 is 4.74 Å². The minimum absolute atomic E-state index is 0.214. The van der Waals surface area contributed by atoms with E-state index in [0.717, 1.165) is 15.9 Å². The van der Waals surface area contributed by atoms with E-state index in [2.05, 4.69) is 21.0 Å². The average molecular weight is 287 g/mol. The van der Waals surface area contributed by atoms with Crippen molar-refractivity contribution in [2.75, 3.05) is 6.61 Å². The summed E-state index contributed by atoms with van der Waals surface area (Å²) >= 11 is 3.54. The van der Waals surface area contributed by atoms with Gasteiger partial charge in [0, 0.05) is 5.92 Å². The molecular formula is C11H15BrN2O2. The van der Waals surface area contributed by atoms with Gasteiger partial charge in [-0.15, -0.1) is 0 Å². The number of esters is 1. The third kappa shape index (κ3) is 2.29. The first-order valence-electron chi connectivity index (χ1n) is 5.52. The number of aromatic nitrogens is 2. The number of carbonyl (C=O) groups is 1. The predicted molar refractivity (Wildman–Crippen MR) is 63.3 cm³/mol. The van der Waals surface area contributed by atoms with E-state index in [9.17, 15) is 4.79 Å². The smallest absolute Gasteiger partial charge is 0.327 e. The predicted octanol–water partition coefficient (Wildman–Crippen LogP) is 2.39. The summed E-state index contributed by atoms with van der Waals surface area (Å²) in [5.41, 5.74) is 2.08. The van der Waals surface area contributed by atoms with E-state index < -0.39 is 0 Å². The van der Waals surface area contributed by atoms with Gasteiger partial charge in [-0.2, -0.15) is 5.10 Å². The third-order valence-electron chi connectivity index (χ3n) is 2.64. The largest absolute Gasteiger partial charge is 0.465 e. The summed E-state index contributed by atoms with van der Waals surface area (Å²) in [6.07, 6.45) is 2.37. The molecule has 1 aromatic heterocycles. The van der Waals surface area contributed by atoms with Crippen LogP contribution in [0, 0.1) is 6.92 Å². The van der Waals surface area contributed by atoms with Crippen molar-refractivity contribution in [3.63, 3.8) is 0 Å².